The molecule has 0 aliphatic carbocycles. The fraction of sp³-hybridized carbons (Fsp3) is 0.333. The molecule has 1 aromatic rings. The highest BCUT2D eigenvalue weighted by Crippen LogP contribution is 2.31. The van der Waals surface area contributed by atoms with Crippen molar-refractivity contribution in [3.05, 3.63) is 29.6 Å². The van der Waals surface area contributed by atoms with E-state index in [1.807, 2.05) is 6.08 Å². The van der Waals surface area contributed by atoms with Gasteiger partial charge in [-0.1, -0.05) is 17.7 Å². The third-order valence-electron chi connectivity index (χ3n) is 2.71. The Morgan fingerprint density at radius 2 is 2.33 bits per heavy atom. The summed E-state index contributed by atoms with van der Waals surface area (Å²) in [6.45, 7) is 0. The molecule has 1 unspecified atom stereocenters. The first kappa shape index (κ1) is 12.7. The van der Waals surface area contributed by atoms with E-state index in [0.717, 1.165) is 0 Å². The maximum absolute atomic E-state index is 11.6. The van der Waals surface area contributed by atoms with Crippen molar-refractivity contribution in [2.75, 3.05) is 19.1 Å². The first-order valence-electron chi connectivity index (χ1n) is 5.39. The topological polar surface area (TPSA) is 51.7 Å². The van der Waals surface area contributed by atoms with Gasteiger partial charge in [0, 0.05) is 12.3 Å². The van der Waals surface area contributed by atoms with Gasteiger partial charge < -0.3 is 14.4 Å². The number of carbonyl (C=O) groups is 1. The lowest BCUT2D eigenvalue weighted by Gasteiger charge is -2.23. The van der Waals surface area contributed by atoms with Crippen LogP contribution in [0.25, 0.3) is 0 Å². The summed E-state index contributed by atoms with van der Waals surface area (Å²) in [6, 6.07) is 1.25. The van der Waals surface area contributed by atoms with Crippen LogP contribution in [0, 0.1) is 0 Å². The largest absolute Gasteiger partial charge is 0.495 e. The number of anilines is 1. The highest BCUT2D eigenvalue weighted by molar-refractivity contribution is 6.33. The summed E-state index contributed by atoms with van der Waals surface area (Å²) in [5, 5.41) is 0.426. The summed E-state index contributed by atoms with van der Waals surface area (Å²) in [5.41, 5.74) is 0. The number of carbonyl (C=O) groups excluding carboxylic acids is 1. The Bertz CT molecular complexity index is 490. The van der Waals surface area contributed by atoms with Crippen molar-refractivity contribution >= 4 is 23.4 Å². The highest BCUT2D eigenvalue weighted by atomic mass is 35.5. The molecular weight excluding hydrogens is 256 g/mol. The maximum atomic E-state index is 11.6. The first-order valence-corrected chi connectivity index (χ1v) is 5.77. The quantitative estimate of drug-likeness (QED) is 0.785. The lowest BCUT2D eigenvalue weighted by molar-refractivity contribution is -0.141. The second-order valence-corrected chi connectivity index (χ2v) is 4.15. The van der Waals surface area contributed by atoms with Crippen LogP contribution in [0.3, 0.4) is 0 Å². The maximum Gasteiger partial charge on any atom is 0.329 e. The van der Waals surface area contributed by atoms with E-state index in [1.165, 1.54) is 7.11 Å². The number of rotatable bonds is 3. The van der Waals surface area contributed by atoms with Crippen LogP contribution in [0.15, 0.2) is 24.5 Å². The molecule has 2 heterocycles. The number of methoxy groups -OCH3 is 2. The van der Waals surface area contributed by atoms with Gasteiger partial charge in [0.1, 0.15) is 11.8 Å². The molecule has 0 aromatic carbocycles. The normalized spacial score (nSPS) is 17.9. The molecule has 0 amide bonds. The zero-order chi connectivity index (χ0) is 13.1. The van der Waals surface area contributed by atoms with Gasteiger partial charge in [-0.15, -0.1) is 0 Å². The third kappa shape index (κ3) is 2.26. The Morgan fingerprint density at radius 3 is 2.94 bits per heavy atom. The Kier molecular flexibility index (Phi) is 3.72. The monoisotopic (exact) mass is 268 g/mol. The van der Waals surface area contributed by atoms with Gasteiger partial charge in [0.05, 0.1) is 25.4 Å². The van der Waals surface area contributed by atoms with Crippen molar-refractivity contribution in [1.29, 1.82) is 0 Å². The average Bonchev–Trinajstić information content (AvgIpc) is 2.86. The van der Waals surface area contributed by atoms with Crippen molar-refractivity contribution in [2.24, 2.45) is 0 Å². The van der Waals surface area contributed by atoms with Crippen LogP contribution >= 0.6 is 11.6 Å². The van der Waals surface area contributed by atoms with E-state index in [1.54, 1.807) is 30.5 Å². The Hall–Kier alpha value is -1.75. The lowest BCUT2D eigenvalue weighted by Crippen LogP contribution is -2.35. The molecule has 2 rings (SSSR count). The molecule has 0 fully saturated rings. The van der Waals surface area contributed by atoms with Crippen LogP contribution < -0.4 is 9.64 Å². The number of halogens is 1. The standard InChI is InChI=1S/C12H13ClN2O3/c1-17-8-6-9(13)11(14-7-8)15-5-3-4-10(15)12(16)18-2/h3,5-7,10H,4H2,1-2H3. The zero-order valence-corrected chi connectivity index (χ0v) is 10.8. The Morgan fingerprint density at radius 1 is 1.56 bits per heavy atom. The summed E-state index contributed by atoms with van der Waals surface area (Å²) in [6.07, 6.45) is 5.80. The van der Waals surface area contributed by atoms with Crippen LogP contribution in [0.1, 0.15) is 6.42 Å². The molecule has 18 heavy (non-hydrogen) atoms. The molecule has 6 heteroatoms. The van der Waals surface area contributed by atoms with Gasteiger partial charge in [-0.2, -0.15) is 0 Å². The van der Waals surface area contributed by atoms with Crippen LogP contribution in [0.4, 0.5) is 5.82 Å². The van der Waals surface area contributed by atoms with Gasteiger partial charge in [-0.3, -0.25) is 0 Å². The summed E-state index contributed by atoms with van der Waals surface area (Å²) < 4.78 is 9.79. The minimum atomic E-state index is -0.409. The van der Waals surface area contributed by atoms with Gasteiger partial charge in [-0.25, -0.2) is 9.78 Å². The Labute approximate surface area is 110 Å². The van der Waals surface area contributed by atoms with Crippen LogP contribution in [0.5, 0.6) is 5.75 Å². The lowest BCUT2D eigenvalue weighted by atomic mass is 10.2. The summed E-state index contributed by atoms with van der Waals surface area (Å²) in [7, 11) is 2.90. The molecule has 0 bridgehead atoms. The second kappa shape index (κ2) is 5.27. The predicted octanol–water partition coefficient (Wildman–Crippen LogP) is 2.01. The minimum Gasteiger partial charge on any atom is -0.495 e. The predicted molar refractivity (Wildman–Crippen MR) is 67.8 cm³/mol. The molecule has 0 radical (unpaired) electrons. The van der Waals surface area contributed by atoms with Crippen LogP contribution in [0.2, 0.25) is 5.02 Å². The molecule has 0 spiro atoms. The van der Waals surface area contributed by atoms with Crippen molar-refractivity contribution < 1.29 is 14.3 Å². The molecule has 0 N–H and O–H groups in total. The van der Waals surface area contributed by atoms with E-state index < -0.39 is 6.04 Å². The molecule has 5 nitrogen and oxygen atoms in total. The first-order chi connectivity index (χ1) is 8.67. The van der Waals surface area contributed by atoms with Crippen molar-refractivity contribution in [1.82, 2.24) is 4.98 Å². The number of hydrogen-bond acceptors (Lipinski definition) is 5. The summed E-state index contributed by atoms with van der Waals surface area (Å²) in [5.74, 6) is 0.775. The number of hydrogen-bond donors (Lipinski definition) is 0. The smallest absolute Gasteiger partial charge is 0.329 e. The zero-order valence-electron chi connectivity index (χ0n) is 10.1. The average molecular weight is 269 g/mol. The fourth-order valence-electron chi connectivity index (χ4n) is 1.80. The summed E-state index contributed by atoms with van der Waals surface area (Å²) >= 11 is 6.13. The third-order valence-corrected chi connectivity index (χ3v) is 2.99. The van der Waals surface area contributed by atoms with Gasteiger partial charge in [0.25, 0.3) is 0 Å². The van der Waals surface area contributed by atoms with Crippen LogP contribution in [-0.2, 0) is 9.53 Å². The molecule has 0 saturated heterocycles. The van der Waals surface area contributed by atoms with E-state index in [0.29, 0.717) is 23.0 Å². The molecule has 1 aliphatic heterocycles. The number of nitrogens with zero attached hydrogens (tertiary/aromatic N) is 2. The van der Waals surface area contributed by atoms with Crippen molar-refractivity contribution in [3.63, 3.8) is 0 Å². The number of aromatic nitrogens is 1. The number of pyridine rings is 1. The van der Waals surface area contributed by atoms with E-state index >= 15 is 0 Å². The SMILES string of the molecule is COC(=O)C1CC=CN1c1ncc(OC)cc1Cl. The van der Waals surface area contributed by atoms with E-state index in [4.69, 9.17) is 21.1 Å². The van der Waals surface area contributed by atoms with Crippen LogP contribution in [-0.4, -0.2) is 31.2 Å². The number of esters is 1. The van der Waals surface area contributed by atoms with Gasteiger partial charge in [0.2, 0.25) is 0 Å². The van der Waals surface area contributed by atoms with Crippen molar-refractivity contribution in [2.45, 2.75) is 12.5 Å². The van der Waals surface area contributed by atoms with E-state index in [-0.39, 0.29) is 5.97 Å². The van der Waals surface area contributed by atoms with E-state index in [9.17, 15) is 4.79 Å². The van der Waals surface area contributed by atoms with Gasteiger partial charge >= 0.3 is 5.97 Å². The second-order valence-electron chi connectivity index (χ2n) is 3.75. The van der Waals surface area contributed by atoms with Crippen molar-refractivity contribution in [3.8, 4) is 5.75 Å². The van der Waals surface area contributed by atoms with Gasteiger partial charge in [0.15, 0.2) is 5.82 Å². The molecule has 1 aromatic heterocycles. The minimum absolute atomic E-state index is 0.311. The van der Waals surface area contributed by atoms with Gasteiger partial charge in [-0.05, 0) is 6.42 Å². The summed E-state index contributed by atoms with van der Waals surface area (Å²) in [4.78, 5) is 17.5. The highest BCUT2D eigenvalue weighted by Gasteiger charge is 2.30. The molecular formula is C12H13ClN2O3. The van der Waals surface area contributed by atoms with E-state index in [2.05, 4.69) is 4.98 Å². The fourth-order valence-corrected chi connectivity index (χ4v) is 2.05. The molecule has 96 valence electrons. The molecule has 1 atom stereocenters. The molecule has 1 aliphatic rings. The molecule has 0 saturated carbocycles. The number of ether oxygens (including phenoxy) is 2. The Balaban J connectivity index is 2.30.